The van der Waals surface area contributed by atoms with Crippen molar-refractivity contribution in [2.45, 2.75) is 31.7 Å². The van der Waals surface area contributed by atoms with Crippen LogP contribution < -0.4 is 0 Å². The van der Waals surface area contributed by atoms with Crippen molar-refractivity contribution >= 4 is 11.6 Å². The van der Waals surface area contributed by atoms with E-state index < -0.39 is 4.92 Å². The standard InChI is InChI=1S/C9H11N3O3/c13-8-4-2-1-3-7(8)11-5-9(10-6-11)12(14)15/h5-7H,1-4H2. The average molecular weight is 209 g/mol. The first-order valence-corrected chi connectivity index (χ1v) is 4.89. The molecule has 2 rings (SSSR count). The van der Waals surface area contributed by atoms with Gasteiger partial charge in [0.05, 0.1) is 6.04 Å². The Morgan fingerprint density at radius 3 is 2.93 bits per heavy atom. The molecule has 1 aliphatic carbocycles. The van der Waals surface area contributed by atoms with E-state index in [0.717, 1.165) is 19.3 Å². The molecule has 6 nitrogen and oxygen atoms in total. The van der Waals surface area contributed by atoms with Crippen molar-refractivity contribution in [3.63, 3.8) is 0 Å². The lowest BCUT2D eigenvalue weighted by molar-refractivity contribution is -0.389. The molecule has 1 unspecified atom stereocenters. The molecule has 1 aromatic heterocycles. The minimum Gasteiger partial charge on any atom is -0.358 e. The lowest BCUT2D eigenvalue weighted by atomic mass is 9.94. The molecule has 0 aromatic carbocycles. The van der Waals surface area contributed by atoms with E-state index in [4.69, 9.17) is 0 Å². The van der Waals surface area contributed by atoms with Gasteiger partial charge in [0.25, 0.3) is 0 Å². The molecule has 1 saturated carbocycles. The van der Waals surface area contributed by atoms with Crippen LogP contribution in [-0.2, 0) is 4.79 Å². The first-order valence-electron chi connectivity index (χ1n) is 4.89. The highest BCUT2D eigenvalue weighted by atomic mass is 16.6. The van der Waals surface area contributed by atoms with E-state index in [1.807, 2.05) is 0 Å². The zero-order valence-electron chi connectivity index (χ0n) is 8.13. The van der Waals surface area contributed by atoms with Gasteiger partial charge in [0, 0.05) is 6.42 Å². The first-order chi connectivity index (χ1) is 7.18. The normalized spacial score (nSPS) is 21.6. The zero-order valence-corrected chi connectivity index (χ0v) is 8.13. The maximum absolute atomic E-state index is 11.6. The smallest absolute Gasteiger partial charge is 0.358 e. The minimum absolute atomic E-state index is 0.147. The zero-order chi connectivity index (χ0) is 10.8. The van der Waals surface area contributed by atoms with E-state index in [9.17, 15) is 14.9 Å². The van der Waals surface area contributed by atoms with E-state index in [2.05, 4.69) is 4.98 Å². The monoisotopic (exact) mass is 209 g/mol. The summed E-state index contributed by atoms with van der Waals surface area (Å²) in [5.41, 5.74) is 0. The summed E-state index contributed by atoms with van der Waals surface area (Å²) in [6.45, 7) is 0. The third-order valence-electron chi connectivity index (χ3n) is 2.66. The molecule has 0 aliphatic heterocycles. The number of nitro groups is 1. The Morgan fingerprint density at radius 2 is 2.33 bits per heavy atom. The largest absolute Gasteiger partial charge is 0.381 e. The van der Waals surface area contributed by atoms with Gasteiger partial charge in [-0.05, 0) is 22.7 Å². The fourth-order valence-electron chi connectivity index (χ4n) is 1.87. The minimum atomic E-state index is -0.552. The van der Waals surface area contributed by atoms with Gasteiger partial charge in [0.1, 0.15) is 6.20 Å². The van der Waals surface area contributed by atoms with Crippen LogP contribution in [0.1, 0.15) is 31.7 Å². The van der Waals surface area contributed by atoms with Gasteiger partial charge < -0.3 is 10.1 Å². The number of imidazole rings is 1. The lowest BCUT2D eigenvalue weighted by Crippen LogP contribution is -2.21. The second-order valence-corrected chi connectivity index (χ2v) is 3.66. The fraction of sp³-hybridized carbons (Fsp3) is 0.556. The fourth-order valence-corrected chi connectivity index (χ4v) is 1.87. The summed E-state index contributed by atoms with van der Waals surface area (Å²) in [6, 6.07) is -0.250. The molecule has 1 atom stereocenters. The Labute approximate surface area is 86.1 Å². The summed E-state index contributed by atoms with van der Waals surface area (Å²) in [4.78, 5) is 25.1. The number of Topliss-reactive ketones (excluding diaryl/α,β-unsaturated/α-hetero) is 1. The number of aromatic nitrogens is 2. The van der Waals surface area contributed by atoms with E-state index >= 15 is 0 Å². The Bertz CT molecular complexity index is 399. The van der Waals surface area contributed by atoms with Gasteiger partial charge in [-0.2, -0.15) is 0 Å². The van der Waals surface area contributed by atoms with Gasteiger partial charge in [-0.15, -0.1) is 0 Å². The van der Waals surface area contributed by atoms with Crippen LogP contribution >= 0.6 is 0 Å². The second kappa shape index (κ2) is 3.80. The van der Waals surface area contributed by atoms with Gasteiger partial charge in [0.2, 0.25) is 6.33 Å². The summed E-state index contributed by atoms with van der Waals surface area (Å²) in [7, 11) is 0. The van der Waals surface area contributed by atoms with Crippen molar-refractivity contribution in [3.05, 3.63) is 22.6 Å². The van der Waals surface area contributed by atoms with Crippen LogP contribution in [0.5, 0.6) is 0 Å². The molecular weight excluding hydrogens is 198 g/mol. The summed E-state index contributed by atoms with van der Waals surface area (Å²) in [5, 5.41) is 10.4. The molecule has 0 radical (unpaired) electrons. The highest BCUT2D eigenvalue weighted by Gasteiger charge is 2.25. The number of hydrogen-bond acceptors (Lipinski definition) is 4. The van der Waals surface area contributed by atoms with Crippen LogP contribution in [0.25, 0.3) is 0 Å². The Hall–Kier alpha value is -1.72. The Balaban J connectivity index is 2.20. The van der Waals surface area contributed by atoms with Gasteiger partial charge in [-0.25, -0.2) is 0 Å². The van der Waals surface area contributed by atoms with Gasteiger partial charge >= 0.3 is 5.82 Å². The predicted molar refractivity (Wildman–Crippen MR) is 51.4 cm³/mol. The van der Waals surface area contributed by atoms with E-state index in [1.54, 1.807) is 4.57 Å². The number of hydrogen-bond donors (Lipinski definition) is 0. The van der Waals surface area contributed by atoms with Crippen molar-refractivity contribution in [1.29, 1.82) is 0 Å². The van der Waals surface area contributed by atoms with Gasteiger partial charge in [-0.1, -0.05) is 6.42 Å². The third-order valence-corrected chi connectivity index (χ3v) is 2.66. The number of rotatable bonds is 2. The Kier molecular flexibility index (Phi) is 2.49. The van der Waals surface area contributed by atoms with Crippen LogP contribution in [0, 0.1) is 10.1 Å². The lowest BCUT2D eigenvalue weighted by Gasteiger charge is -2.20. The first kappa shape index (κ1) is 9.82. The molecule has 0 amide bonds. The molecule has 0 saturated heterocycles. The molecule has 0 spiro atoms. The van der Waals surface area contributed by atoms with Gasteiger partial charge in [-0.3, -0.25) is 9.36 Å². The number of carbonyl (C=O) groups excluding carboxylic acids is 1. The Morgan fingerprint density at radius 1 is 1.53 bits per heavy atom. The SMILES string of the molecule is O=C1CCCCC1n1cnc([N+](=O)[O-])c1. The van der Waals surface area contributed by atoms with Crippen molar-refractivity contribution < 1.29 is 9.72 Å². The van der Waals surface area contributed by atoms with E-state index in [0.29, 0.717) is 6.42 Å². The molecule has 0 N–H and O–H groups in total. The quantitative estimate of drug-likeness (QED) is 0.545. The number of carbonyl (C=O) groups is 1. The maximum Gasteiger partial charge on any atom is 0.381 e. The number of nitrogens with zero attached hydrogens (tertiary/aromatic N) is 3. The van der Waals surface area contributed by atoms with Crippen LogP contribution in [0.2, 0.25) is 0 Å². The molecule has 1 aromatic rings. The summed E-state index contributed by atoms with van der Waals surface area (Å²) >= 11 is 0. The van der Waals surface area contributed by atoms with E-state index in [-0.39, 0.29) is 17.6 Å². The molecule has 1 fully saturated rings. The summed E-state index contributed by atoms with van der Waals surface area (Å²) in [5.74, 6) is -0.0538. The van der Waals surface area contributed by atoms with Gasteiger partial charge in [0.15, 0.2) is 5.78 Å². The molecule has 80 valence electrons. The topological polar surface area (TPSA) is 78.0 Å². The highest BCUT2D eigenvalue weighted by molar-refractivity contribution is 5.83. The van der Waals surface area contributed by atoms with Crippen molar-refractivity contribution in [1.82, 2.24) is 9.55 Å². The van der Waals surface area contributed by atoms with Crippen molar-refractivity contribution in [2.24, 2.45) is 0 Å². The van der Waals surface area contributed by atoms with Crippen LogP contribution in [-0.4, -0.2) is 20.3 Å². The molecular formula is C9H11N3O3. The molecule has 6 heteroatoms. The average Bonchev–Trinajstić information content (AvgIpc) is 2.67. The molecule has 1 heterocycles. The second-order valence-electron chi connectivity index (χ2n) is 3.66. The predicted octanol–water partition coefficient (Wildman–Crippen LogP) is 1.48. The molecule has 15 heavy (non-hydrogen) atoms. The molecule has 0 bridgehead atoms. The third kappa shape index (κ3) is 1.88. The van der Waals surface area contributed by atoms with Crippen molar-refractivity contribution in [3.8, 4) is 0 Å². The highest BCUT2D eigenvalue weighted by Crippen LogP contribution is 2.25. The van der Waals surface area contributed by atoms with Crippen LogP contribution in [0.4, 0.5) is 5.82 Å². The van der Waals surface area contributed by atoms with Crippen LogP contribution in [0.3, 0.4) is 0 Å². The summed E-state index contributed by atoms with van der Waals surface area (Å²) in [6.07, 6.45) is 5.93. The molecule has 1 aliphatic rings. The maximum atomic E-state index is 11.6. The van der Waals surface area contributed by atoms with E-state index in [1.165, 1.54) is 12.5 Å². The van der Waals surface area contributed by atoms with Crippen molar-refractivity contribution in [2.75, 3.05) is 0 Å². The number of ketones is 1. The van der Waals surface area contributed by atoms with Crippen LogP contribution in [0.15, 0.2) is 12.5 Å². The summed E-state index contributed by atoms with van der Waals surface area (Å²) < 4.78 is 1.56.